The van der Waals surface area contributed by atoms with Crippen LogP contribution in [0.5, 0.6) is 0 Å². The van der Waals surface area contributed by atoms with Crippen molar-refractivity contribution in [1.29, 1.82) is 0 Å². The lowest BCUT2D eigenvalue weighted by Gasteiger charge is -2.21. The number of aryl methyl sites for hydroxylation is 1. The highest BCUT2D eigenvalue weighted by Gasteiger charge is 2.22. The van der Waals surface area contributed by atoms with Crippen LogP contribution in [0, 0.1) is 0 Å². The molecule has 3 heteroatoms. The molecule has 0 radical (unpaired) electrons. The van der Waals surface area contributed by atoms with Gasteiger partial charge in [0, 0.05) is 23.4 Å². The van der Waals surface area contributed by atoms with Gasteiger partial charge in [-0.1, -0.05) is 30.5 Å². The van der Waals surface area contributed by atoms with Gasteiger partial charge < -0.3 is 4.74 Å². The first kappa shape index (κ1) is 13.1. The molecular formula is C16H19ClO2. The maximum atomic E-state index is 11.7. The second kappa shape index (κ2) is 5.64. The Labute approximate surface area is 119 Å². The van der Waals surface area contributed by atoms with E-state index in [2.05, 4.69) is 6.07 Å². The molecule has 2 aliphatic carbocycles. The van der Waals surface area contributed by atoms with Gasteiger partial charge in [-0.2, -0.15) is 0 Å². The minimum Gasteiger partial charge on any atom is -0.373 e. The predicted molar refractivity (Wildman–Crippen MR) is 75.5 cm³/mol. The Balaban J connectivity index is 1.80. The van der Waals surface area contributed by atoms with Gasteiger partial charge >= 0.3 is 0 Å². The number of ketones is 1. The quantitative estimate of drug-likeness (QED) is 0.839. The van der Waals surface area contributed by atoms with Crippen LogP contribution in [-0.4, -0.2) is 11.9 Å². The molecule has 0 amide bonds. The summed E-state index contributed by atoms with van der Waals surface area (Å²) in [6.07, 6.45) is 7.27. The van der Waals surface area contributed by atoms with Gasteiger partial charge in [-0.3, -0.25) is 4.79 Å². The number of fused-ring (bicyclic) bond motifs is 1. The van der Waals surface area contributed by atoms with Gasteiger partial charge in [0.25, 0.3) is 0 Å². The monoisotopic (exact) mass is 278 g/mol. The molecule has 2 aliphatic rings. The van der Waals surface area contributed by atoms with Crippen molar-refractivity contribution in [2.24, 2.45) is 0 Å². The van der Waals surface area contributed by atoms with Crippen molar-refractivity contribution in [1.82, 2.24) is 0 Å². The van der Waals surface area contributed by atoms with Crippen LogP contribution in [0.25, 0.3) is 0 Å². The number of benzene rings is 1. The fourth-order valence-electron chi connectivity index (χ4n) is 3.14. The number of halogens is 1. The number of rotatable bonds is 3. The number of hydrogen-bond acceptors (Lipinski definition) is 2. The zero-order chi connectivity index (χ0) is 13.2. The molecule has 0 heterocycles. The average Bonchev–Trinajstić information content (AvgIpc) is 2.91. The molecule has 0 atom stereocenters. The summed E-state index contributed by atoms with van der Waals surface area (Å²) >= 11 is 6.30. The van der Waals surface area contributed by atoms with Gasteiger partial charge in [-0.05, 0) is 36.5 Å². The normalized spacial score (nSPS) is 19.7. The number of Topliss-reactive ketones (excluding diaryl/α,β-unsaturated/α-hetero) is 1. The maximum absolute atomic E-state index is 11.7. The standard InChI is InChI=1S/C16H19ClO2/c17-16-8-6-11-5-7-12(18)9-14(11)15(16)10-19-13-3-1-2-4-13/h6,8,13H,1-5,7,9-10H2. The van der Waals surface area contributed by atoms with E-state index in [9.17, 15) is 4.79 Å². The molecule has 0 bridgehead atoms. The maximum Gasteiger partial charge on any atom is 0.137 e. The summed E-state index contributed by atoms with van der Waals surface area (Å²) in [6.45, 7) is 0.556. The average molecular weight is 279 g/mol. The van der Waals surface area contributed by atoms with Crippen molar-refractivity contribution in [3.05, 3.63) is 33.8 Å². The summed E-state index contributed by atoms with van der Waals surface area (Å²) in [6, 6.07) is 4.01. The SMILES string of the molecule is O=C1CCc2ccc(Cl)c(COC3CCCC3)c2C1. The van der Waals surface area contributed by atoms with Crippen molar-refractivity contribution in [2.75, 3.05) is 0 Å². The number of ether oxygens (including phenoxy) is 1. The first-order valence-electron chi connectivity index (χ1n) is 7.16. The highest BCUT2D eigenvalue weighted by molar-refractivity contribution is 6.31. The Bertz CT molecular complexity index is 490. The van der Waals surface area contributed by atoms with E-state index in [4.69, 9.17) is 16.3 Å². The highest BCUT2D eigenvalue weighted by atomic mass is 35.5. The third kappa shape index (κ3) is 2.85. The van der Waals surface area contributed by atoms with Gasteiger partial charge in [-0.15, -0.1) is 0 Å². The molecule has 0 aliphatic heterocycles. The van der Waals surface area contributed by atoms with Crippen LogP contribution < -0.4 is 0 Å². The molecule has 102 valence electrons. The zero-order valence-electron chi connectivity index (χ0n) is 11.1. The van der Waals surface area contributed by atoms with Crippen LogP contribution in [0.4, 0.5) is 0 Å². The Hall–Kier alpha value is -0.860. The smallest absolute Gasteiger partial charge is 0.137 e. The summed E-state index contributed by atoms with van der Waals surface area (Å²) in [5.41, 5.74) is 3.44. The molecule has 1 aromatic carbocycles. The van der Waals surface area contributed by atoms with Gasteiger partial charge in [0.1, 0.15) is 5.78 Å². The van der Waals surface area contributed by atoms with E-state index < -0.39 is 0 Å². The largest absolute Gasteiger partial charge is 0.373 e. The predicted octanol–water partition coefficient (Wildman–Crippen LogP) is 3.86. The van der Waals surface area contributed by atoms with E-state index in [1.165, 1.54) is 18.4 Å². The Kier molecular flexibility index (Phi) is 3.90. The Morgan fingerprint density at radius 2 is 2.00 bits per heavy atom. The lowest BCUT2D eigenvalue weighted by Crippen LogP contribution is -2.17. The van der Waals surface area contributed by atoms with Crippen LogP contribution in [0.3, 0.4) is 0 Å². The van der Waals surface area contributed by atoms with E-state index in [1.54, 1.807) is 0 Å². The summed E-state index contributed by atoms with van der Waals surface area (Å²) in [5.74, 6) is 0.317. The fraction of sp³-hybridized carbons (Fsp3) is 0.562. The molecule has 1 saturated carbocycles. The van der Waals surface area contributed by atoms with Crippen molar-refractivity contribution in [3.63, 3.8) is 0 Å². The number of hydrogen-bond donors (Lipinski definition) is 0. The molecule has 3 rings (SSSR count). The first-order valence-corrected chi connectivity index (χ1v) is 7.54. The second-order valence-electron chi connectivity index (χ2n) is 5.60. The third-order valence-electron chi connectivity index (χ3n) is 4.28. The van der Waals surface area contributed by atoms with E-state index >= 15 is 0 Å². The summed E-state index contributed by atoms with van der Waals surface area (Å²) in [7, 11) is 0. The minimum absolute atomic E-state index is 0.317. The molecule has 1 aromatic rings. The second-order valence-corrected chi connectivity index (χ2v) is 6.00. The molecule has 0 unspecified atom stereocenters. The fourth-order valence-corrected chi connectivity index (χ4v) is 3.37. The van der Waals surface area contributed by atoms with Crippen LogP contribution in [-0.2, 0) is 29.0 Å². The van der Waals surface area contributed by atoms with Gasteiger partial charge in [0.15, 0.2) is 0 Å². The van der Waals surface area contributed by atoms with E-state index in [0.29, 0.717) is 31.3 Å². The van der Waals surface area contributed by atoms with Crippen LogP contribution >= 0.6 is 11.6 Å². The molecular weight excluding hydrogens is 260 g/mol. The summed E-state index contributed by atoms with van der Waals surface area (Å²) in [4.78, 5) is 11.7. The number of carbonyl (C=O) groups is 1. The first-order chi connectivity index (χ1) is 9.24. The molecule has 0 spiro atoms. The topological polar surface area (TPSA) is 26.3 Å². The summed E-state index contributed by atoms with van der Waals surface area (Å²) < 4.78 is 5.98. The minimum atomic E-state index is 0.317. The zero-order valence-corrected chi connectivity index (χ0v) is 11.8. The van der Waals surface area contributed by atoms with Crippen LogP contribution in [0.2, 0.25) is 5.02 Å². The van der Waals surface area contributed by atoms with Crippen molar-refractivity contribution in [3.8, 4) is 0 Å². The van der Waals surface area contributed by atoms with Crippen molar-refractivity contribution >= 4 is 17.4 Å². The third-order valence-corrected chi connectivity index (χ3v) is 4.64. The van der Waals surface area contributed by atoms with Gasteiger partial charge in [0.2, 0.25) is 0 Å². The summed E-state index contributed by atoms with van der Waals surface area (Å²) in [5, 5.41) is 0.742. The lowest BCUT2D eigenvalue weighted by molar-refractivity contribution is -0.118. The molecule has 2 nitrogen and oxygen atoms in total. The lowest BCUT2D eigenvalue weighted by atomic mass is 9.87. The number of carbonyl (C=O) groups excluding carboxylic acids is 1. The van der Waals surface area contributed by atoms with E-state index in [-0.39, 0.29) is 0 Å². The molecule has 0 aromatic heterocycles. The highest BCUT2D eigenvalue weighted by Crippen LogP contribution is 2.30. The van der Waals surface area contributed by atoms with Crippen LogP contribution in [0.15, 0.2) is 12.1 Å². The molecule has 19 heavy (non-hydrogen) atoms. The Morgan fingerprint density at radius 1 is 1.21 bits per heavy atom. The van der Waals surface area contributed by atoms with Crippen molar-refractivity contribution < 1.29 is 9.53 Å². The van der Waals surface area contributed by atoms with E-state index in [0.717, 1.165) is 35.4 Å². The molecule has 1 fully saturated rings. The van der Waals surface area contributed by atoms with Crippen LogP contribution in [0.1, 0.15) is 48.8 Å². The van der Waals surface area contributed by atoms with Gasteiger partial charge in [-0.25, -0.2) is 0 Å². The van der Waals surface area contributed by atoms with Gasteiger partial charge in [0.05, 0.1) is 12.7 Å². The molecule has 0 N–H and O–H groups in total. The van der Waals surface area contributed by atoms with E-state index in [1.807, 2.05) is 6.07 Å². The molecule has 0 saturated heterocycles. The Morgan fingerprint density at radius 3 is 2.79 bits per heavy atom. The van der Waals surface area contributed by atoms with Crippen molar-refractivity contribution in [2.45, 2.75) is 57.7 Å².